The Morgan fingerprint density at radius 3 is 2.74 bits per heavy atom. The van der Waals surface area contributed by atoms with Gasteiger partial charge in [0.05, 0.1) is 17.8 Å². The van der Waals surface area contributed by atoms with Crippen molar-refractivity contribution in [3.63, 3.8) is 0 Å². The summed E-state index contributed by atoms with van der Waals surface area (Å²) in [6.07, 6.45) is 5.17. The monoisotopic (exact) mass is 377 g/mol. The van der Waals surface area contributed by atoms with Gasteiger partial charge in [0.1, 0.15) is 11.8 Å². The molecule has 7 heteroatoms. The first kappa shape index (κ1) is 17.4. The van der Waals surface area contributed by atoms with Crippen LogP contribution in [0.3, 0.4) is 0 Å². The lowest BCUT2D eigenvalue weighted by Gasteiger charge is -2.32. The number of nitrogens with zero attached hydrogens (tertiary/aromatic N) is 5. The van der Waals surface area contributed by atoms with Crippen LogP contribution in [0.4, 0.5) is 5.82 Å². The molecular weight excluding hydrogens is 358 g/mol. The van der Waals surface area contributed by atoms with Crippen molar-refractivity contribution in [3.05, 3.63) is 52.7 Å². The number of para-hydroxylation sites is 1. The predicted octanol–water partition coefficient (Wildman–Crippen LogP) is 3.86. The second-order valence-electron chi connectivity index (χ2n) is 6.37. The van der Waals surface area contributed by atoms with E-state index in [4.69, 9.17) is 9.72 Å². The summed E-state index contributed by atoms with van der Waals surface area (Å²) in [7, 11) is 1.68. The zero-order valence-corrected chi connectivity index (χ0v) is 15.8. The molecule has 0 atom stereocenters. The average molecular weight is 377 g/mol. The number of aromatic nitrogens is 3. The van der Waals surface area contributed by atoms with Crippen molar-refractivity contribution in [2.45, 2.75) is 18.8 Å². The van der Waals surface area contributed by atoms with Crippen molar-refractivity contribution in [1.82, 2.24) is 15.0 Å². The molecule has 0 saturated carbocycles. The Kier molecular flexibility index (Phi) is 4.99. The molecule has 27 heavy (non-hydrogen) atoms. The van der Waals surface area contributed by atoms with Gasteiger partial charge in [0.25, 0.3) is 0 Å². The number of thiazole rings is 1. The highest BCUT2D eigenvalue weighted by molar-refractivity contribution is 7.10. The van der Waals surface area contributed by atoms with E-state index >= 15 is 0 Å². The van der Waals surface area contributed by atoms with Crippen LogP contribution in [0, 0.1) is 11.3 Å². The molecule has 0 amide bonds. The second-order valence-corrected chi connectivity index (χ2v) is 7.26. The van der Waals surface area contributed by atoms with Crippen LogP contribution >= 0.6 is 11.3 Å². The van der Waals surface area contributed by atoms with E-state index < -0.39 is 0 Å². The minimum atomic E-state index is 0.392. The maximum atomic E-state index is 9.24. The van der Waals surface area contributed by atoms with E-state index in [0.717, 1.165) is 47.9 Å². The average Bonchev–Trinajstić information content (AvgIpc) is 3.24. The molecule has 3 heterocycles. The van der Waals surface area contributed by atoms with Crippen LogP contribution in [0.15, 0.2) is 42.0 Å². The number of nitriles is 1. The molecule has 3 aromatic rings. The van der Waals surface area contributed by atoms with E-state index in [1.54, 1.807) is 30.8 Å². The summed E-state index contributed by atoms with van der Waals surface area (Å²) in [6.45, 7) is 1.70. The molecule has 0 aliphatic carbocycles. The van der Waals surface area contributed by atoms with Gasteiger partial charge in [-0.15, -0.1) is 11.3 Å². The normalized spacial score (nSPS) is 14.7. The van der Waals surface area contributed by atoms with Gasteiger partial charge in [-0.3, -0.25) is 0 Å². The van der Waals surface area contributed by atoms with Gasteiger partial charge in [-0.1, -0.05) is 12.1 Å². The highest BCUT2D eigenvalue weighted by atomic mass is 32.1. The number of hydrogen-bond acceptors (Lipinski definition) is 7. The van der Waals surface area contributed by atoms with Gasteiger partial charge in [-0.2, -0.15) is 5.26 Å². The topological polar surface area (TPSA) is 74.9 Å². The zero-order valence-electron chi connectivity index (χ0n) is 15.0. The maximum absolute atomic E-state index is 9.24. The Morgan fingerprint density at radius 2 is 1.96 bits per heavy atom. The minimum absolute atomic E-state index is 0.392. The largest absolute Gasteiger partial charge is 0.496 e. The number of anilines is 1. The lowest BCUT2D eigenvalue weighted by atomic mass is 9.97. The zero-order chi connectivity index (χ0) is 18.6. The second kappa shape index (κ2) is 7.72. The summed E-state index contributed by atoms with van der Waals surface area (Å²) in [5.74, 6) is 1.96. The molecule has 0 unspecified atom stereocenters. The standard InChI is InChI=1S/C20H19N5OS/c1-26-18-5-3-2-4-15(18)17-13-27-20(24-17)14-6-10-25(11-7-14)19-16(12-21)22-8-9-23-19/h2-5,8-9,13-14H,6-7,10-11H2,1H3. The fraction of sp³-hybridized carbons (Fsp3) is 0.300. The molecule has 1 fully saturated rings. The van der Waals surface area contributed by atoms with Crippen LogP contribution in [-0.4, -0.2) is 35.2 Å². The van der Waals surface area contributed by atoms with Crippen molar-refractivity contribution in [3.8, 4) is 23.1 Å². The number of ether oxygens (including phenoxy) is 1. The van der Waals surface area contributed by atoms with Gasteiger partial charge in [0, 0.05) is 42.3 Å². The minimum Gasteiger partial charge on any atom is -0.496 e. The summed E-state index contributed by atoms with van der Waals surface area (Å²) < 4.78 is 5.46. The van der Waals surface area contributed by atoms with Crippen LogP contribution in [-0.2, 0) is 0 Å². The molecule has 4 rings (SSSR count). The molecule has 1 aromatic carbocycles. The van der Waals surface area contributed by atoms with Crippen molar-refractivity contribution in [2.75, 3.05) is 25.1 Å². The summed E-state index contributed by atoms with van der Waals surface area (Å²) in [6, 6.07) is 10.1. The third-order valence-corrected chi connectivity index (χ3v) is 5.84. The van der Waals surface area contributed by atoms with E-state index in [9.17, 15) is 5.26 Å². The van der Waals surface area contributed by atoms with E-state index in [2.05, 4.69) is 26.3 Å². The predicted molar refractivity (Wildman–Crippen MR) is 105 cm³/mol. The van der Waals surface area contributed by atoms with Crippen molar-refractivity contribution >= 4 is 17.2 Å². The van der Waals surface area contributed by atoms with Gasteiger partial charge in [0.2, 0.25) is 0 Å². The van der Waals surface area contributed by atoms with Crippen LogP contribution in [0.25, 0.3) is 11.3 Å². The van der Waals surface area contributed by atoms with E-state index in [1.807, 2.05) is 24.3 Å². The first-order valence-corrected chi connectivity index (χ1v) is 9.73. The number of rotatable bonds is 4. The molecule has 1 aliphatic rings. The fourth-order valence-electron chi connectivity index (χ4n) is 3.43. The maximum Gasteiger partial charge on any atom is 0.183 e. The Balaban J connectivity index is 1.48. The van der Waals surface area contributed by atoms with Gasteiger partial charge in [0.15, 0.2) is 11.5 Å². The summed E-state index contributed by atoms with van der Waals surface area (Å²) in [5.41, 5.74) is 2.39. The van der Waals surface area contributed by atoms with Crippen LogP contribution in [0.2, 0.25) is 0 Å². The molecule has 0 N–H and O–H groups in total. The molecule has 2 aromatic heterocycles. The van der Waals surface area contributed by atoms with Gasteiger partial charge in [-0.25, -0.2) is 15.0 Å². The quantitative estimate of drug-likeness (QED) is 0.687. The number of benzene rings is 1. The highest BCUT2D eigenvalue weighted by Gasteiger charge is 2.25. The van der Waals surface area contributed by atoms with Gasteiger partial charge < -0.3 is 9.64 Å². The number of methoxy groups -OCH3 is 1. The van der Waals surface area contributed by atoms with E-state index in [1.165, 1.54) is 0 Å². The highest BCUT2D eigenvalue weighted by Crippen LogP contribution is 2.36. The summed E-state index contributed by atoms with van der Waals surface area (Å²) in [5, 5.41) is 12.5. The Morgan fingerprint density at radius 1 is 1.19 bits per heavy atom. The Labute approximate surface area is 162 Å². The van der Waals surface area contributed by atoms with E-state index in [0.29, 0.717) is 17.4 Å². The van der Waals surface area contributed by atoms with E-state index in [-0.39, 0.29) is 0 Å². The Bertz CT molecular complexity index is 972. The lowest BCUT2D eigenvalue weighted by molar-refractivity contribution is 0.416. The van der Waals surface area contributed by atoms with Gasteiger partial charge in [-0.05, 0) is 25.0 Å². The third-order valence-electron chi connectivity index (χ3n) is 4.83. The lowest BCUT2D eigenvalue weighted by Crippen LogP contribution is -2.34. The van der Waals surface area contributed by atoms with Crippen LogP contribution < -0.4 is 9.64 Å². The smallest absolute Gasteiger partial charge is 0.183 e. The molecular formula is C20H19N5OS. The van der Waals surface area contributed by atoms with Crippen LogP contribution in [0.1, 0.15) is 29.5 Å². The third kappa shape index (κ3) is 3.49. The van der Waals surface area contributed by atoms with Crippen LogP contribution in [0.5, 0.6) is 5.75 Å². The molecule has 1 aliphatic heterocycles. The summed E-state index contributed by atoms with van der Waals surface area (Å²) in [4.78, 5) is 15.5. The van der Waals surface area contributed by atoms with Crippen molar-refractivity contribution < 1.29 is 4.74 Å². The number of hydrogen-bond donors (Lipinski definition) is 0. The molecule has 136 valence electrons. The first-order valence-electron chi connectivity index (χ1n) is 8.85. The summed E-state index contributed by atoms with van der Waals surface area (Å²) >= 11 is 1.71. The molecule has 6 nitrogen and oxygen atoms in total. The fourth-order valence-corrected chi connectivity index (χ4v) is 4.43. The molecule has 0 bridgehead atoms. The molecule has 0 spiro atoms. The first-order chi connectivity index (χ1) is 13.3. The molecule has 0 radical (unpaired) electrons. The number of piperidine rings is 1. The Hall–Kier alpha value is -2.98. The molecule has 1 saturated heterocycles. The van der Waals surface area contributed by atoms with Crippen molar-refractivity contribution in [2.24, 2.45) is 0 Å². The van der Waals surface area contributed by atoms with Gasteiger partial charge >= 0.3 is 0 Å². The SMILES string of the molecule is COc1ccccc1-c1csc(C2CCN(c3nccnc3C#N)CC2)n1. The van der Waals surface area contributed by atoms with Crippen molar-refractivity contribution in [1.29, 1.82) is 5.26 Å².